The van der Waals surface area contributed by atoms with E-state index in [0.29, 0.717) is 13.1 Å². The van der Waals surface area contributed by atoms with Crippen molar-refractivity contribution in [1.29, 1.82) is 0 Å². The van der Waals surface area contributed by atoms with Crippen molar-refractivity contribution in [1.82, 2.24) is 24.8 Å². The van der Waals surface area contributed by atoms with Crippen LogP contribution >= 0.6 is 0 Å². The fourth-order valence-corrected chi connectivity index (χ4v) is 1.22. The molecule has 0 saturated heterocycles. The highest BCUT2D eigenvalue weighted by molar-refractivity contribution is 5.00. The Labute approximate surface area is 81.3 Å². The Kier molecular flexibility index (Phi) is 2.28. The molecule has 0 saturated carbocycles. The number of aromatic nitrogens is 5. The predicted molar refractivity (Wildman–Crippen MR) is 50.2 cm³/mol. The highest BCUT2D eigenvalue weighted by atomic mass is 15.4. The fourth-order valence-electron chi connectivity index (χ4n) is 1.22. The van der Waals surface area contributed by atoms with Crippen molar-refractivity contribution in [2.45, 2.75) is 13.1 Å². The predicted octanol–water partition coefficient (Wildman–Crippen LogP) is -0.481. The first-order valence-corrected chi connectivity index (χ1v) is 4.35. The zero-order valence-electron chi connectivity index (χ0n) is 7.96. The van der Waals surface area contributed by atoms with Crippen LogP contribution in [-0.4, -0.2) is 24.8 Å². The molecule has 0 aliphatic carbocycles. The molecule has 74 valence electrons. The van der Waals surface area contributed by atoms with Crippen molar-refractivity contribution in [3.63, 3.8) is 0 Å². The fraction of sp³-hybridized carbons (Fsp3) is 0.375. The monoisotopic (exact) mass is 192 g/mol. The van der Waals surface area contributed by atoms with Gasteiger partial charge in [-0.2, -0.15) is 5.10 Å². The van der Waals surface area contributed by atoms with Gasteiger partial charge in [-0.25, -0.2) is 4.68 Å². The number of nitrogens with two attached hydrogens (primary N) is 1. The van der Waals surface area contributed by atoms with Crippen molar-refractivity contribution in [3.05, 3.63) is 29.8 Å². The van der Waals surface area contributed by atoms with Crippen LogP contribution in [0.15, 0.2) is 18.5 Å². The Morgan fingerprint density at radius 2 is 2.29 bits per heavy atom. The van der Waals surface area contributed by atoms with E-state index in [9.17, 15) is 0 Å². The molecule has 2 aromatic heterocycles. The SMILES string of the molecule is Cn1ccc(Cn2cc(CN)nn2)n1. The third-order valence-electron chi connectivity index (χ3n) is 1.89. The van der Waals surface area contributed by atoms with E-state index in [1.807, 2.05) is 25.5 Å². The summed E-state index contributed by atoms with van der Waals surface area (Å²) in [6.45, 7) is 1.05. The van der Waals surface area contributed by atoms with Crippen molar-refractivity contribution in [2.24, 2.45) is 12.8 Å². The summed E-state index contributed by atoms with van der Waals surface area (Å²) < 4.78 is 3.49. The molecule has 0 bridgehead atoms. The Morgan fingerprint density at radius 3 is 2.86 bits per heavy atom. The van der Waals surface area contributed by atoms with Gasteiger partial charge < -0.3 is 5.73 Å². The third-order valence-corrected chi connectivity index (χ3v) is 1.89. The lowest BCUT2D eigenvalue weighted by molar-refractivity contribution is 0.624. The number of rotatable bonds is 3. The summed E-state index contributed by atoms with van der Waals surface area (Å²) >= 11 is 0. The van der Waals surface area contributed by atoms with Gasteiger partial charge in [0.15, 0.2) is 0 Å². The van der Waals surface area contributed by atoms with E-state index >= 15 is 0 Å². The first kappa shape index (κ1) is 8.89. The first-order valence-electron chi connectivity index (χ1n) is 4.35. The van der Waals surface area contributed by atoms with E-state index in [4.69, 9.17) is 5.73 Å². The second-order valence-electron chi connectivity index (χ2n) is 3.09. The third kappa shape index (κ3) is 1.80. The molecule has 0 unspecified atom stereocenters. The molecule has 0 aliphatic rings. The van der Waals surface area contributed by atoms with Crippen LogP contribution in [0.2, 0.25) is 0 Å². The minimum Gasteiger partial charge on any atom is -0.325 e. The molecular formula is C8H12N6. The number of hydrogen-bond donors (Lipinski definition) is 1. The molecule has 0 fully saturated rings. The summed E-state index contributed by atoms with van der Waals surface area (Å²) in [5.41, 5.74) is 7.18. The lowest BCUT2D eigenvalue weighted by Crippen LogP contribution is -2.02. The zero-order chi connectivity index (χ0) is 9.97. The van der Waals surface area contributed by atoms with Crippen LogP contribution in [0.5, 0.6) is 0 Å². The van der Waals surface area contributed by atoms with Crippen LogP contribution in [0, 0.1) is 0 Å². The van der Waals surface area contributed by atoms with Gasteiger partial charge in [0.25, 0.3) is 0 Å². The van der Waals surface area contributed by atoms with E-state index in [2.05, 4.69) is 15.4 Å². The lowest BCUT2D eigenvalue weighted by atomic mass is 10.4. The van der Waals surface area contributed by atoms with Gasteiger partial charge in [-0.3, -0.25) is 4.68 Å². The summed E-state index contributed by atoms with van der Waals surface area (Å²) in [7, 11) is 1.89. The molecule has 2 aromatic rings. The van der Waals surface area contributed by atoms with Crippen LogP contribution in [0.1, 0.15) is 11.4 Å². The lowest BCUT2D eigenvalue weighted by Gasteiger charge is -1.94. The Bertz CT molecular complexity index is 415. The van der Waals surface area contributed by atoms with Gasteiger partial charge in [-0.1, -0.05) is 5.21 Å². The molecule has 6 heteroatoms. The van der Waals surface area contributed by atoms with Gasteiger partial charge in [0, 0.05) is 19.8 Å². The van der Waals surface area contributed by atoms with E-state index in [-0.39, 0.29) is 0 Å². The molecule has 2 heterocycles. The number of nitrogens with zero attached hydrogens (tertiary/aromatic N) is 5. The molecule has 14 heavy (non-hydrogen) atoms. The van der Waals surface area contributed by atoms with Crippen LogP contribution in [0.3, 0.4) is 0 Å². The van der Waals surface area contributed by atoms with Crippen LogP contribution in [-0.2, 0) is 20.1 Å². The average Bonchev–Trinajstić information content (AvgIpc) is 2.76. The van der Waals surface area contributed by atoms with Crippen LogP contribution < -0.4 is 5.73 Å². The Balaban J connectivity index is 2.10. The van der Waals surface area contributed by atoms with Gasteiger partial charge >= 0.3 is 0 Å². The van der Waals surface area contributed by atoms with Crippen LogP contribution in [0.25, 0.3) is 0 Å². The second-order valence-corrected chi connectivity index (χ2v) is 3.09. The van der Waals surface area contributed by atoms with Crippen molar-refractivity contribution in [2.75, 3.05) is 0 Å². The molecule has 2 rings (SSSR count). The minimum absolute atomic E-state index is 0.419. The van der Waals surface area contributed by atoms with Crippen molar-refractivity contribution >= 4 is 0 Å². The second kappa shape index (κ2) is 3.59. The summed E-state index contributed by atoms with van der Waals surface area (Å²) in [4.78, 5) is 0. The van der Waals surface area contributed by atoms with Gasteiger partial charge in [0.2, 0.25) is 0 Å². The number of aryl methyl sites for hydroxylation is 1. The molecule has 0 aromatic carbocycles. The van der Waals surface area contributed by atoms with Gasteiger partial charge in [0.05, 0.1) is 24.1 Å². The standard InChI is InChI=1S/C8H12N6/c1-13-3-2-7(11-13)5-14-6-8(4-9)10-12-14/h2-3,6H,4-5,9H2,1H3. The summed E-state index contributed by atoms with van der Waals surface area (Å²) in [6.07, 6.45) is 3.73. The van der Waals surface area contributed by atoms with Crippen molar-refractivity contribution in [3.8, 4) is 0 Å². The van der Waals surface area contributed by atoms with E-state index in [1.165, 1.54) is 0 Å². The van der Waals surface area contributed by atoms with E-state index in [0.717, 1.165) is 11.4 Å². The van der Waals surface area contributed by atoms with Gasteiger partial charge in [-0.05, 0) is 6.07 Å². The highest BCUT2D eigenvalue weighted by Crippen LogP contribution is 1.98. The molecule has 6 nitrogen and oxygen atoms in total. The van der Waals surface area contributed by atoms with E-state index in [1.54, 1.807) is 9.36 Å². The molecular weight excluding hydrogens is 180 g/mol. The molecule has 0 aliphatic heterocycles. The van der Waals surface area contributed by atoms with Gasteiger partial charge in [-0.15, -0.1) is 5.10 Å². The average molecular weight is 192 g/mol. The molecule has 2 N–H and O–H groups in total. The summed E-state index contributed by atoms with van der Waals surface area (Å²) in [5, 5.41) is 12.1. The normalized spacial score (nSPS) is 10.7. The molecule has 0 amide bonds. The largest absolute Gasteiger partial charge is 0.325 e. The topological polar surface area (TPSA) is 74.5 Å². The zero-order valence-corrected chi connectivity index (χ0v) is 7.96. The number of hydrogen-bond acceptors (Lipinski definition) is 4. The Morgan fingerprint density at radius 1 is 1.43 bits per heavy atom. The van der Waals surface area contributed by atoms with Crippen LogP contribution in [0.4, 0.5) is 0 Å². The van der Waals surface area contributed by atoms with Crippen molar-refractivity contribution < 1.29 is 0 Å². The van der Waals surface area contributed by atoms with E-state index < -0.39 is 0 Å². The minimum atomic E-state index is 0.419. The smallest absolute Gasteiger partial charge is 0.0962 e. The van der Waals surface area contributed by atoms with Gasteiger partial charge in [0.1, 0.15) is 0 Å². The highest BCUT2D eigenvalue weighted by Gasteiger charge is 2.01. The first-order chi connectivity index (χ1) is 6.78. The Hall–Kier alpha value is -1.69. The summed E-state index contributed by atoms with van der Waals surface area (Å²) in [6, 6.07) is 1.95. The molecule has 0 spiro atoms. The maximum atomic E-state index is 5.43. The maximum Gasteiger partial charge on any atom is 0.0962 e. The molecule has 0 radical (unpaired) electrons. The quantitative estimate of drug-likeness (QED) is 0.712. The molecule has 0 atom stereocenters. The maximum absolute atomic E-state index is 5.43. The summed E-state index contributed by atoms with van der Waals surface area (Å²) in [5.74, 6) is 0.